The number of hydrogen-bond acceptors (Lipinski definition) is 3. The molecule has 1 aliphatic heterocycles. The molecule has 0 radical (unpaired) electrons. The standard InChI is InChI=1S/C27H39N3O/c1-6-18-29-19-22(5)30(20-21(29)4)26(23-12-10-9-11-13-23)24-14-16-25(17-15-24)27(31)28(7-2)8-3/h9-17,21-22,26H,6-8,18-20H2,1-5H3/t21-,22+,26+/m1/s1. The van der Waals surface area contributed by atoms with E-state index in [1.165, 1.54) is 17.5 Å². The molecule has 31 heavy (non-hydrogen) atoms. The Hall–Kier alpha value is -2.17. The predicted octanol–water partition coefficient (Wildman–Crippen LogP) is 5.06. The number of carbonyl (C=O) groups excluding carboxylic acids is 1. The zero-order valence-corrected chi connectivity index (χ0v) is 19.9. The SMILES string of the molecule is CCCN1C[C@H](C)N([C@@H](c2ccccc2)c2ccc(C(=O)N(CC)CC)cc2)C[C@H]1C. The molecule has 2 aromatic rings. The Kier molecular flexibility index (Phi) is 8.28. The van der Waals surface area contributed by atoms with Crippen molar-refractivity contribution in [2.75, 3.05) is 32.7 Å². The van der Waals surface area contributed by atoms with Crippen LogP contribution in [-0.2, 0) is 0 Å². The van der Waals surface area contributed by atoms with Crippen LogP contribution in [0.15, 0.2) is 54.6 Å². The molecule has 0 aromatic heterocycles. The summed E-state index contributed by atoms with van der Waals surface area (Å²) >= 11 is 0. The molecule has 168 valence electrons. The van der Waals surface area contributed by atoms with Gasteiger partial charge in [0.15, 0.2) is 0 Å². The third-order valence-electron chi connectivity index (χ3n) is 6.65. The minimum Gasteiger partial charge on any atom is -0.339 e. The van der Waals surface area contributed by atoms with Crippen LogP contribution >= 0.6 is 0 Å². The van der Waals surface area contributed by atoms with Gasteiger partial charge in [0.25, 0.3) is 5.91 Å². The van der Waals surface area contributed by atoms with Crippen molar-refractivity contribution in [2.45, 2.75) is 59.2 Å². The summed E-state index contributed by atoms with van der Waals surface area (Å²) in [6, 6.07) is 20.3. The van der Waals surface area contributed by atoms with Gasteiger partial charge in [-0.15, -0.1) is 0 Å². The van der Waals surface area contributed by atoms with Gasteiger partial charge in [0.05, 0.1) is 6.04 Å². The molecule has 0 saturated carbocycles. The molecule has 1 fully saturated rings. The average Bonchev–Trinajstić information content (AvgIpc) is 2.79. The number of amides is 1. The first-order chi connectivity index (χ1) is 15.0. The van der Waals surface area contributed by atoms with Crippen LogP contribution in [0.3, 0.4) is 0 Å². The van der Waals surface area contributed by atoms with Gasteiger partial charge in [-0.25, -0.2) is 0 Å². The fourth-order valence-electron chi connectivity index (χ4n) is 4.90. The lowest BCUT2D eigenvalue weighted by Gasteiger charge is -2.47. The number of hydrogen-bond donors (Lipinski definition) is 0. The summed E-state index contributed by atoms with van der Waals surface area (Å²) in [5, 5.41) is 0. The van der Waals surface area contributed by atoms with Crippen LogP contribution < -0.4 is 0 Å². The molecule has 0 aliphatic carbocycles. The summed E-state index contributed by atoms with van der Waals surface area (Å²) < 4.78 is 0. The third-order valence-corrected chi connectivity index (χ3v) is 6.65. The smallest absolute Gasteiger partial charge is 0.253 e. The van der Waals surface area contributed by atoms with Crippen molar-refractivity contribution in [2.24, 2.45) is 0 Å². The van der Waals surface area contributed by atoms with Gasteiger partial charge in [0, 0.05) is 43.8 Å². The molecule has 4 nitrogen and oxygen atoms in total. The highest BCUT2D eigenvalue weighted by Gasteiger charge is 2.34. The highest BCUT2D eigenvalue weighted by Crippen LogP contribution is 2.33. The lowest BCUT2D eigenvalue weighted by Crippen LogP contribution is -2.57. The van der Waals surface area contributed by atoms with Crippen LogP contribution in [-0.4, -0.2) is 65.4 Å². The van der Waals surface area contributed by atoms with Crippen molar-refractivity contribution in [1.82, 2.24) is 14.7 Å². The molecule has 1 aliphatic rings. The molecule has 0 bridgehead atoms. The van der Waals surface area contributed by atoms with E-state index in [2.05, 4.69) is 73.0 Å². The van der Waals surface area contributed by atoms with Crippen molar-refractivity contribution in [3.8, 4) is 0 Å². The van der Waals surface area contributed by atoms with Gasteiger partial charge in [-0.05, 0) is 63.9 Å². The minimum absolute atomic E-state index is 0.114. The van der Waals surface area contributed by atoms with E-state index < -0.39 is 0 Å². The van der Waals surface area contributed by atoms with Gasteiger partial charge in [-0.1, -0.05) is 49.4 Å². The van der Waals surface area contributed by atoms with Gasteiger partial charge in [0.2, 0.25) is 0 Å². The lowest BCUT2D eigenvalue weighted by atomic mass is 9.93. The van der Waals surface area contributed by atoms with Crippen molar-refractivity contribution in [1.29, 1.82) is 0 Å². The fraction of sp³-hybridized carbons (Fsp3) is 0.519. The first-order valence-corrected chi connectivity index (χ1v) is 11.9. The zero-order chi connectivity index (χ0) is 22.4. The van der Waals surface area contributed by atoms with Crippen LogP contribution in [0.5, 0.6) is 0 Å². The molecule has 0 unspecified atom stereocenters. The van der Waals surface area contributed by atoms with Crippen molar-refractivity contribution >= 4 is 5.91 Å². The minimum atomic E-state index is 0.114. The van der Waals surface area contributed by atoms with E-state index in [0.717, 1.165) is 38.3 Å². The summed E-state index contributed by atoms with van der Waals surface area (Å²) in [6.07, 6.45) is 1.20. The molecule has 3 rings (SSSR count). The van der Waals surface area contributed by atoms with E-state index >= 15 is 0 Å². The topological polar surface area (TPSA) is 26.8 Å². The Bertz CT molecular complexity index is 816. The maximum absolute atomic E-state index is 12.8. The summed E-state index contributed by atoms with van der Waals surface area (Å²) in [7, 11) is 0. The van der Waals surface area contributed by atoms with E-state index in [4.69, 9.17) is 0 Å². The fourth-order valence-corrected chi connectivity index (χ4v) is 4.90. The van der Waals surface area contributed by atoms with Crippen LogP contribution in [0.4, 0.5) is 0 Å². The molecule has 1 saturated heterocycles. The molecule has 0 spiro atoms. The molecule has 3 atom stereocenters. The Labute approximate surface area is 188 Å². The molecule has 1 amide bonds. The number of benzene rings is 2. The molecule has 1 heterocycles. The number of nitrogens with zero attached hydrogens (tertiary/aromatic N) is 3. The number of rotatable bonds is 8. The summed E-state index contributed by atoms with van der Waals surface area (Å²) in [5.41, 5.74) is 3.34. The van der Waals surface area contributed by atoms with E-state index in [-0.39, 0.29) is 11.9 Å². The van der Waals surface area contributed by atoms with Crippen molar-refractivity contribution < 1.29 is 4.79 Å². The number of carbonyl (C=O) groups is 1. The second kappa shape index (κ2) is 10.9. The van der Waals surface area contributed by atoms with Gasteiger partial charge < -0.3 is 4.90 Å². The molecule has 0 N–H and O–H groups in total. The lowest BCUT2D eigenvalue weighted by molar-refractivity contribution is 0.0242. The molecule has 2 aromatic carbocycles. The van der Waals surface area contributed by atoms with Crippen molar-refractivity contribution in [3.63, 3.8) is 0 Å². The number of piperazine rings is 1. The second-order valence-corrected chi connectivity index (χ2v) is 8.80. The highest BCUT2D eigenvalue weighted by molar-refractivity contribution is 5.94. The van der Waals surface area contributed by atoms with Gasteiger partial charge in [-0.2, -0.15) is 0 Å². The van der Waals surface area contributed by atoms with Crippen LogP contribution in [0.2, 0.25) is 0 Å². The van der Waals surface area contributed by atoms with Gasteiger partial charge >= 0.3 is 0 Å². The first-order valence-electron chi connectivity index (χ1n) is 11.9. The maximum Gasteiger partial charge on any atom is 0.253 e. The molecular formula is C27H39N3O. The summed E-state index contributed by atoms with van der Waals surface area (Å²) in [5.74, 6) is 0.114. The maximum atomic E-state index is 12.8. The zero-order valence-electron chi connectivity index (χ0n) is 19.9. The predicted molar refractivity (Wildman–Crippen MR) is 129 cm³/mol. The van der Waals surface area contributed by atoms with E-state index in [0.29, 0.717) is 12.1 Å². The van der Waals surface area contributed by atoms with E-state index in [9.17, 15) is 4.79 Å². The van der Waals surface area contributed by atoms with Gasteiger partial charge in [0.1, 0.15) is 0 Å². The largest absolute Gasteiger partial charge is 0.339 e. The second-order valence-electron chi connectivity index (χ2n) is 8.80. The quantitative estimate of drug-likeness (QED) is 0.596. The highest BCUT2D eigenvalue weighted by atomic mass is 16.2. The molecule has 4 heteroatoms. The summed E-state index contributed by atoms with van der Waals surface area (Å²) in [4.78, 5) is 19.9. The van der Waals surface area contributed by atoms with Crippen molar-refractivity contribution in [3.05, 3.63) is 71.3 Å². The Morgan fingerprint density at radius 2 is 1.52 bits per heavy atom. The van der Waals surface area contributed by atoms with Gasteiger partial charge in [-0.3, -0.25) is 14.6 Å². The average molecular weight is 422 g/mol. The Balaban J connectivity index is 1.91. The monoisotopic (exact) mass is 421 g/mol. The van der Waals surface area contributed by atoms with Crippen LogP contribution in [0, 0.1) is 0 Å². The first kappa shape index (κ1) is 23.5. The summed E-state index contributed by atoms with van der Waals surface area (Å²) in [6.45, 7) is 15.8. The van der Waals surface area contributed by atoms with Crippen LogP contribution in [0.25, 0.3) is 0 Å². The third kappa shape index (κ3) is 5.36. The van der Waals surface area contributed by atoms with Crippen LogP contribution in [0.1, 0.15) is 68.6 Å². The normalized spacial score (nSPS) is 21.1. The Morgan fingerprint density at radius 3 is 2.10 bits per heavy atom. The van der Waals surface area contributed by atoms with E-state index in [1.807, 2.05) is 30.9 Å². The molecular weight excluding hydrogens is 382 g/mol. The van der Waals surface area contributed by atoms with E-state index in [1.54, 1.807) is 0 Å². The Morgan fingerprint density at radius 1 is 0.903 bits per heavy atom.